The number of rotatable bonds is 6. The molecule has 0 saturated carbocycles. The summed E-state index contributed by atoms with van der Waals surface area (Å²) in [5.74, 6) is 0. The largest absolute Gasteiger partial charge is 0.396 e. The first kappa shape index (κ1) is 14.5. The van der Waals surface area contributed by atoms with Crippen LogP contribution in [0.1, 0.15) is 25.8 Å². The fourth-order valence-electron chi connectivity index (χ4n) is 1.87. The van der Waals surface area contributed by atoms with Crippen molar-refractivity contribution in [1.82, 2.24) is 0 Å². The summed E-state index contributed by atoms with van der Waals surface area (Å²) in [5, 5.41) is 8.96. The first-order valence-corrected chi connectivity index (χ1v) is 6.75. The molecule has 0 bridgehead atoms. The summed E-state index contributed by atoms with van der Waals surface area (Å²) in [6, 6.07) is 6.55. The third-order valence-corrected chi connectivity index (χ3v) is 3.25. The molecule has 1 aromatic carbocycles. The number of hydrogen-bond acceptors (Lipinski definition) is 3. The van der Waals surface area contributed by atoms with E-state index in [4.69, 9.17) is 10.8 Å². The number of nitrogens with two attached hydrogens (primary N) is 1. The third-order valence-electron chi connectivity index (χ3n) is 2.76. The molecule has 4 heteroatoms. The van der Waals surface area contributed by atoms with Crippen LogP contribution >= 0.6 is 15.9 Å². The third kappa shape index (κ3) is 3.98. The Labute approximate surface area is 112 Å². The maximum absolute atomic E-state index is 8.96. The zero-order valence-corrected chi connectivity index (χ0v) is 12.1. The Morgan fingerprint density at radius 3 is 2.65 bits per heavy atom. The molecule has 0 heterocycles. The van der Waals surface area contributed by atoms with Crippen LogP contribution in [0.25, 0.3) is 0 Å². The van der Waals surface area contributed by atoms with E-state index in [2.05, 4.69) is 40.7 Å². The number of hydrogen-bond donors (Lipinski definition) is 2. The number of nitrogens with zero attached hydrogens (tertiary/aromatic N) is 1. The fraction of sp³-hybridized carbons (Fsp3) is 0.538. The lowest BCUT2D eigenvalue weighted by molar-refractivity contribution is 0.288. The Morgan fingerprint density at radius 2 is 2.12 bits per heavy atom. The Kier molecular flexibility index (Phi) is 5.95. The van der Waals surface area contributed by atoms with E-state index in [9.17, 15) is 0 Å². The Hall–Kier alpha value is -0.580. The van der Waals surface area contributed by atoms with Gasteiger partial charge in [-0.3, -0.25) is 0 Å². The van der Waals surface area contributed by atoms with Crippen LogP contribution in [0.2, 0.25) is 0 Å². The second kappa shape index (κ2) is 6.99. The molecule has 96 valence electrons. The molecule has 0 spiro atoms. The molecule has 17 heavy (non-hydrogen) atoms. The molecule has 0 amide bonds. The Bertz CT molecular complexity index is 355. The van der Waals surface area contributed by atoms with E-state index in [0.29, 0.717) is 12.6 Å². The second-order valence-corrected chi connectivity index (χ2v) is 5.26. The van der Waals surface area contributed by atoms with Gasteiger partial charge in [0.15, 0.2) is 0 Å². The fourth-order valence-corrected chi connectivity index (χ4v) is 2.22. The summed E-state index contributed by atoms with van der Waals surface area (Å²) in [5.41, 5.74) is 8.07. The van der Waals surface area contributed by atoms with Gasteiger partial charge in [-0.05, 0) is 38.0 Å². The smallest absolute Gasteiger partial charge is 0.0447 e. The van der Waals surface area contributed by atoms with E-state index in [1.807, 2.05) is 12.1 Å². The van der Waals surface area contributed by atoms with E-state index in [-0.39, 0.29) is 6.61 Å². The molecule has 1 rings (SSSR count). The highest BCUT2D eigenvalue weighted by Gasteiger charge is 2.13. The number of benzene rings is 1. The van der Waals surface area contributed by atoms with Gasteiger partial charge < -0.3 is 15.7 Å². The first-order valence-electron chi connectivity index (χ1n) is 5.96. The van der Waals surface area contributed by atoms with Crippen LogP contribution in [-0.2, 0) is 6.54 Å². The molecule has 0 aromatic heterocycles. The summed E-state index contributed by atoms with van der Waals surface area (Å²) in [6.07, 6.45) is 0.773. The molecule has 0 fully saturated rings. The summed E-state index contributed by atoms with van der Waals surface area (Å²) in [7, 11) is 0. The van der Waals surface area contributed by atoms with Crippen molar-refractivity contribution in [2.75, 3.05) is 18.1 Å². The molecule has 0 aliphatic heterocycles. The summed E-state index contributed by atoms with van der Waals surface area (Å²) >= 11 is 3.49. The molecule has 3 N–H and O–H groups in total. The normalized spacial score (nSPS) is 10.9. The van der Waals surface area contributed by atoms with Crippen LogP contribution in [0.15, 0.2) is 22.7 Å². The zero-order chi connectivity index (χ0) is 12.8. The van der Waals surface area contributed by atoms with Gasteiger partial charge in [-0.2, -0.15) is 0 Å². The van der Waals surface area contributed by atoms with Gasteiger partial charge in [0.25, 0.3) is 0 Å². The van der Waals surface area contributed by atoms with Crippen LogP contribution in [0.4, 0.5) is 5.69 Å². The minimum Gasteiger partial charge on any atom is -0.396 e. The number of aliphatic hydroxyl groups is 1. The molecule has 3 nitrogen and oxygen atoms in total. The van der Waals surface area contributed by atoms with Crippen LogP contribution in [0.3, 0.4) is 0 Å². The molecule has 1 aromatic rings. The molecular formula is C13H21BrN2O. The predicted octanol–water partition coefficient (Wildman–Crippen LogP) is 2.50. The maximum Gasteiger partial charge on any atom is 0.0447 e. The molecule has 0 radical (unpaired) electrons. The summed E-state index contributed by atoms with van der Waals surface area (Å²) in [6.45, 7) is 5.90. The highest BCUT2D eigenvalue weighted by atomic mass is 79.9. The Morgan fingerprint density at radius 1 is 1.41 bits per heavy atom. The SMILES string of the molecule is CC(C)N(CCCO)c1cc(Br)ccc1CN. The minimum atomic E-state index is 0.217. The van der Waals surface area contributed by atoms with E-state index in [1.54, 1.807) is 0 Å². The van der Waals surface area contributed by atoms with Gasteiger partial charge in [0.05, 0.1) is 0 Å². The number of aliphatic hydroxyl groups excluding tert-OH is 1. The lowest BCUT2D eigenvalue weighted by Crippen LogP contribution is -2.33. The summed E-state index contributed by atoms with van der Waals surface area (Å²) < 4.78 is 1.05. The Balaban J connectivity index is 3.02. The quantitative estimate of drug-likeness (QED) is 0.849. The topological polar surface area (TPSA) is 49.5 Å². The predicted molar refractivity (Wildman–Crippen MR) is 76.2 cm³/mol. The van der Waals surface area contributed by atoms with E-state index < -0.39 is 0 Å². The van der Waals surface area contributed by atoms with E-state index in [1.165, 1.54) is 0 Å². The molecule has 0 atom stereocenters. The average Bonchev–Trinajstić information content (AvgIpc) is 2.29. The van der Waals surface area contributed by atoms with Crippen LogP contribution in [-0.4, -0.2) is 24.3 Å². The number of halogens is 1. The van der Waals surface area contributed by atoms with Crippen molar-refractivity contribution in [3.63, 3.8) is 0 Å². The zero-order valence-electron chi connectivity index (χ0n) is 10.5. The van der Waals surface area contributed by atoms with E-state index >= 15 is 0 Å². The van der Waals surface area contributed by atoms with Crippen molar-refractivity contribution in [2.45, 2.75) is 32.9 Å². The lowest BCUT2D eigenvalue weighted by atomic mass is 10.1. The lowest BCUT2D eigenvalue weighted by Gasteiger charge is -2.31. The summed E-state index contributed by atoms with van der Waals surface area (Å²) in [4.78, 5) is 2.28. The minimum absolute atomic E-state index is 0.217. The van der Waals surface area contributed by atoms with Crippen LogP contribution in [0.5, 0.6) is 0 Å². The molecule has 0 aliphatic carbocycles. The molecule has 0 unspecified atom stereocenters. The first-order chi connectivity index (χ1) is 8.10. The van der Waals surface area contributed by atoms with Gasteiger partial charge in [0.1, 0.15) is 0 Å². The highest BCUT2D eigenvalue weighted by Crippen LogP contribution is 2.26. The van der Waals surface area contributed by atoms with Crippen molar-refractivity contribution in [2.24, 2.45) is 5.73 Å². The maximum atomic E-state index is 8.96. The van der Waals surface area contributed by atoms with Crippen molar-refractivity contribution < 1.29 is 5.11 Å². The van der Waals surface area contributed by atoms with Gasteiger partial charge in [-0.15, -0.1) is 0 Å². The molecule has 0 saturated heterocycles. The molecule has 0 aliphatic rings. The van der Waals surface area contributed by atoms with E-state index in [0.717, 1.165) is 28.7 Å². The second-order valence-electron chi connectivity index (χ2n) is 4.34. The van der Waals surface area contributed by atoms with Gasteiger partial charge in [0, 0.05) is 35.9 Å². The van der Waals surface area contributed by atoms with Gasteiger partial charge in [-0.25, -0.2) is 0 Å². The number of anilines is 1. The standard InChI is InChI=1S/C13H21BrN2O/c1-10(2)16(6-3-7-17)13-8-12(14)5-4-11(13)9-15/h4-5,8,10,17H,3,6-7,9,15H2,1-2H3. The monoisotopic (exact) mass is 300 g/mol. The van der Waals surface area contributed by atoms with Crippen molar-refractivity contribution in [1.29, 1.82) is 0 Å². The van der Waals surface area contributed by atoms with Crippen molar-refractivity contribution in [3.05, 3.63) is 28.2 Å². The highest BCUT2D eigenvalue weighted by molar-refractivity contribution is 9.10. The van der Waals surface area contributed by atoms with Gasteiger partial charge >= 0.3 is 0 Å². The van der Waals surface area contributed by atoms with Crippen molar-refractivity contribution >= 4 is 21.6 Å². The van der Waals surface area contributed by atoms with Crippen LogP contribution in [0, 0.1) is 0 Å². The molecular weight excluding hydrogens is 280 g/mol. The van der Waals surface area contributed by atoms with Crippen LogP contribution < -0.4 is 10.6 Å². The van der Waals surface area contributed by atoms with Gasteiger partial charge in [-0.1, -0.05) is 22.0 Å². The van der Waals surface area contributed by atoms with Gasteiger partial charge in [0.2, 0.25) is 0 Å². The average molecular weight is 301 g/mol. The van der Waals surface area contributed by atoms with Crippen molar-refractivity contribution in [3.8, 4) is 0 Å².